The molecule has 0 saturated carbocycles. The Hall–Kier alpha value is -1.28. The molecule has 2 aliphatic rings. The van der Waals surface area contributed by atoms with E-state index in [1.807, 2.05) is 0 Å². The third kappa shape index (κ3) is 2.50. The van der Waals surface area contributed by atoms with Gasteiger partial charge in [0.2, 0.25) is 0 Å². The van der Waals surface area contributed by atoms with Crippen molar-refractivity contribution in [2.75, 3.05) is 5.32 Å². The molecule has 0 amide bonds. The Morgan fingerprint density at radius 2 is 1.90 bits per heavy atom. The SMILES string of the molecule is O=S(=O)(c1ccccc1NC1CC2CCC1O2)C(F)(F)F. The number of hydrogen-bond donors (Lipinski definition) is 1. The molecule has 4 nitrogen and oxygen atoms in total. The summed E-state index contributed by atoms with van der Waals surface area (Å²) in [4.78, 5) is -0.736. The largest absolute Gasteiger partial charge is 0.501 e. The van der Waals surface area contributed by atoms with Gasteiger partial charge in [-0.15, -0.1) is 0 Å². The lowest BCUT2D eigenvalue weighted by molar-refractivity contribution is -0.0435. The van der Waals surface area contributed by atoms with Crippen LogP contribution in [0, 0.1) is 0 Å². The van der Waals surface area contributed by atoms with Crippen LogP contribution in [0.2, 0.25) is 0 Å². The molecule has 0 aliphatic carbocycles. The average molecular weight is 321 g/mol. The Balaban J connectivity index is 1.90. The van der Waals surface area contributed by atoms with Crippen molar-refractivity contribution in [1.82, 2.24) is 0 Å². The Bertz CT molecular complexity index is 644. The van der Waals surface area contributed by atoms with E-state index in [0.29, 0.717) is 6.42 Å². The van der Waals surface area contributed by atoms with Crippen molar-refractivity contribution in [3.05, 3.63) is 24.3 Å². The molecule has 0 aromatic heterocycles. The molecule has 2 bridgehead atoms. The average Bonchev–Trinajstić information content (AvgIpc) is 3.00. The zero-order valence-electron chi connectivity index (χ0n) is 10.9. The van der Waals surface area contributed by atoms with Gasteiger partial charge in [-0.1, -0.05) is 12.1 Å². The highest BCUT2D eigenvalue weighted by molar-refractivity contribution is 7.92. The van der Waals surface area contributed by atoms with Crippen LogP contribution in [0.15, 0.2) is 29.2 Å². The molecule has 8 heteroatoms. The van der Waals surface area contributed by atoms with E-state index in [0.717, 1.165) is 18.9 Å². The van der Waals surface area contributed by atoms with Gasteiger partial charge in [-0.2, -0.15) is 13.2 Å². The molecule has 2 fully saturated rings. The first-order valence-corrected chi connectivity index (χ1v) is 8.10. The van der Waals surface area contributed by atoms with Crippen molar-refractivity contribution in [2.24, 2.45) is 0 Å². The van der Waals surface area contributed by atoms with Crippen molar-refractivity contribution in [1.29, 1.82) is 0 Å². The first-order valence-electron chi connectivity index (χ1n) is 6.61. The fraction of sp³-hybridized carbons (Fsp3) is 0.538. The molecule has 2 saturated heterocycles. The smallest absolute Gasteiger partial charge is 0.379 e. The summed E-state index contributed by atoms with van der Waals surface area (Å²) in [6, 6.07) is 4.96. The summed E-state index contributed by atoms with van der Waals surface area (Å²) in [5.41, 5.74) is -5.33. The number of fused-ring (bicyclic) bond motifs is 2. The number of rotatable bonds is 3. The summed E-state index contributed by atoms with van der Waals surface area (Å²) in [7, 11) is -5.37. The first-order chi connectivity index (χ1) is 9.79. The number of para-hydroxylation sites is 1. The van der Waals surface area contributed by atoms with Crippen LogP contribution >= 0.6 is 0 Å². The van der Waals surface area contributed by atoms with Crippen molar-refractivity contribution in [2.45, 2.75) is 47.9 Å². The maximum atomic E-state index is 12.7. The van der Waals surface area contributed by atoms with Crippen molar-refractivity contribution in [3.8, 4) is 0 Å². The van der Waals surface area contributed by atoms with E-state index in [1.54, 1.807) is 0 Å². The van der Waals surface area contributed by atoms with Gasteiger partial charge in [0.25, 0.3) is 9.84 Å². The van der Waals surface area contributed by atoms with Crippen LogP contribution in [0.4, 0.5) is 18.9 Å². The van der Waals surface area contributed by atoms with Crippen LogP contribution in [0.1, 0.15) is 19.3 Å². The second kappa shape index (κ2) is 4.88. The Labute approximate surface area is 120 Å². The molecular weight excluding hydrogens is 307 g/mol. The van der Waals surface area contributed by atoms with E-state index in [9.17, 15) is 21.6 Å². The van der Waals surface area contributed by atoms with E-state index < -0.39 is 20.2 Å². The number of nitrogens with one attached hydrogen (secondary N) is 1. The summed E-state index contributed by atoms with van der Waals surface area (Å²) in [5.74, 6) is 0. The van der Waals surface area contributed by atoms with Crippen LogP contribution < -0.4 is 5.32 Å². The second-order valence-electron chi connectivity index (χ2n) is 5.31. The Morgan fingerprint density at radius 1 is 1.19 bits per heavy atom. The Kier molecular flexibility index (Phi) is 3.40. The van der Waals surface area contributed by atoms with Crippen LogP contribution in [0.5, 0.6) is 0 Å². The third-order valence-electron chi connectivity index (χ3n) is 3.93. The van der Waals surface area contributed by atoms with E-state index in [2.05, 4.69) is 5.32 Å². The van der Waals surface area contributed by atoms with Crippen LogP contribution in [0.3, 0.4) is 0 Å². The van der Waals surface area contributed by atoms with Gasteiger partial charge < -0.3 is 10.1 Å². The number of ether oxygens (including phenoxy) is 1. The summed E-state index contributed by atoms with van der Waals surface area (Å²) >= 11 is 0. The molecule has 116 valence electrons. The van der Waals surface area contributed by atoms with E-state index >= 15 is 0 Å². The topological polar surface area (TPSA) is 55.4 Å². The van der Waals surface area contributed by atoms with Crippen molar-refractivity contribution in [3.63, 3.8) is 0 Å². The number of benzene rings is 1. The van der Waals surface area contributed by atoms with Gasteiger partial charge in [0.1, 0.15) is 0 Å². The lowest BCUT2D eigenvalue weighted by atomic mass is 9.95. The van der Waals surface area contributed by atoms with Crippen LogP contribution in [-0.4, -0.2) is 32.2 Å². The number of sulfone groups is 1. The molecular formula is C13H14F3NO3S. The van der Waals surface area contributed by atoms with Gasteiger partial charge >= 0.3 is 5.51 Å². The zero-order valence-corrected chi connectivity index (χ0v) is 11.7. The third-order valence-corrected chi connectivity index (χ3v) is 5.47. The van der Waals surface area contributed by atoms with Gasteiger partial charge in [0.05, 0.1) is 28.8 Å². The van der Waals surface area contributed by atoms with E-state index in [-0.39, 0.29) is 23.9 Å². The maximum absolute atomic E-state index is 12.7. The summed E-state index contributed by atoms with van der Waals surface area (Å²) < 4.78 is 67.0. The molecule has 2 heterocycles. The van der Waals surface area contributed by atoms with E-state index in [1.165, 1.54) is 18.2 Å². The van der Waals surface area contributed by atoms with E-state index in [4.69, 9.17) is 4.74 Å². The minimum absolute atomic E-state index is 0.0176. The lowest BCUT2D eigenvalue weighted by Crippen LogP contribution is -2.32. The molecule has 3 rings (SSSR count). The lowest BCUT2D eigenvalue weighted by Gasteiger charge is -2.23. The number of alkyl halides is 3. The number of hydrogen-bond acceptors (Lipinski definition) is 4. The van der Waals surface area contributed by atoms with Crippen LogP contribution in [-0.2, 0) is 14.6 Å². The molecule has 1 aromatic rings. The standard InChI is InChI=1S/C13H14F3NO3S/c14-13(15,16)21(18,19)12-4-2-1-3-9(12)17-10-7-8-5-6-11(10)20-8/h1-4,8,10-11,17H,5-7H2. The fourth-order valence-corrected chi connectivity index (χ4v) is 3.86. The van der Waals surface area contributed by atoms with Crippen molar-refractivity contribution >= 4 is 15.5 Å². The predicted octanol–water partition coefficient (Wildman–Crippen LogP) is 2.71. The molecule has 3 atom stereocenters. The summed E-state index contributed by atoms with van der Waals surface area (Å²) in [5, 5.41) is 2.91. The van der Waals surface area contributed by atoms with Gasteiger partial charge in [-0.3, -0.25) is 0 Å². The monoisotopic (exact) mass is 321 g/mol. The van der Waals surface area contributed by atoms with Gasteiger partial charge in [-0.05, 0) is 31.4 Å². The molecule has 0 radical (unpaired) electrons. The van der Waals surface area contributed by atoms with Crippen molar-refractivity contribution < 1.29 is 26.3 Å². The summed E-state index contributed by atoms with van der Waals surface area (Å²) in [6.07, 6.45) is 2.54. The minimum atomic E-state index is -5.37. The highest BCUT2D eigenvalue weighted by atomic mass is 32.2. The Morgan fingerprint density at radius 3 is 2.48 bits per heavy atom. The molecule has 21 heavy (non-hydrogen) atoms. The molecule has 1 aromatic carbocycles. The molecule has 1 N–H and O–H groups in total. The molecule has 0 spiro atoms. The molecule has 2 aliphatic heterocycles. The number of anilines is 1. The normalized spacial score (nSPS) is 28.8. The predicted molar refractivity (Wildman–Crippen MR) is 69.6 cm³/mol. The van der Waals surface area contributed by atoms with Gasteiger partial charge in [0, 0.05) is 0 Å². The maximum Gasteiger partial charge on any atom is 0.501 e. The quantitative estimate of drug-likeness (QED) is 0.930. The van der Waals surface area contributed by atoms with Crippen LogP contribution in [0.25, 0.3) is 0 Å². The minimum Gasteiger partial charge on any atom is -0.379 e. The highest BCUT2D eigenvalue weighted by Crippen LogP contribution is 2.39. The number of halogens is 3. The van der Waals surface area contributed by atoms with Gasteiger partial charge in [-0.25, -0.2) is 8.42 Å². The fourth-order valence-electron chi connectivity index (χ4n) is 2.93. The summed E-state index contributed by atoms with van der Waals surface area (Å²) in [6.45, 7) is 0. The zero-order chi connectivity index (χ0) is 15.3. The second-order valence-corrected chi connectivity index (χ2v) is 7.22. The van der Waals surface area contributed by atoms with Gasteiger partial charge in [0.15, 0.2) is 0 Å². The first kappa shape index (κ1) is 14.6. The highest BCUT2D eigenvalue weighted by Gasteiger charge is 2.48. The molecule has 3 unspecified atom stereocenters.